The van der Waals surface area contributed by atoms with Gasteiger partial charge in [0.2, 0.25) is 5.91 Å². The number of carbonyl (C=O) groups excluding carboxylic acids is 1. The minimum absolute atomic E-state index is 0.0418. The van der Waals surface area contributed by atoms with Gasteiger partial charge in [0, 0.05) is 17.7 Å². The molecule has 2 aromatic rings. The fraction of sp³-hybridized carbons (Fsp3) is 0.312. The monoisotopic (exact) mass is 273 g/mol. The van der Waals surface area contributed by atoms with Gasteiger partial charge in [-0.1, -0.05) is 13.3 Å². The van der Waals surface area contributed by atoms with Crippen molar-refractivity contribution in [2.24, 2.45) is 0 Å². The normalized spacial score (nSPS) is 10.5. The van der Waals surface area contributed by atoms with E-state index in [1.54, 1.807) is 6.07 Å². The van der Waals surface area contributed by atoms with Gasteiger partial charge >= 0.3 is 0 Å². The first-order valence-electron chi connectivity index (χ1n) is 6.82. The van der Waals surface area contributed by atoms with Gasteiger partial charge in [-0.05, 0) is 42.8 Å². The van der Waals surface area contributed by atoms with Gasteiger partial charge in [-0.3, -0.25) is 4.79 Å². The molecule has 1 heterocycles. The summed E-state index contributed by atoms with van der Waals surface area (Å²) in [4.78, 5) is 11.6. The largest absolute Gasteiger partial charge is 0.459 e. The third-order valence-corrected chi connectivity index (χ3v) is 3.03. The first-order chi connectivity index (χ1) is 9.72. The number of hydrogen-bond donors (Lipinski definition) is 2. The average molecular weight is 273 g/mol. The highest BCUT2D eigenvalue weighted by Crippen LogP contribution is 2.23. The number of hydrogen-bond acceptors (Lipinski definition) is 3. The van der Waals surface area contributed by atoms with Gasteiger partial charge in [-0.25, -0.2) is 0 Å². The smallest absolute Gasteiger partial charge is 0.224 e. The van der Waals surface area contributed by atoms with E-state index in [0.29, 0.717) is 17.9 Å². The summed E-state index contributed by atoms with van der Waals surface area (Å²) in [6.07, 6.45) is 2.47. The highest BCUT2D eigenvalue weighted by Gasteiger charge is 2.05. The molecule has 4 nitrogen and oxygen atoms in total. The van der Waals surface area contributed by atoms with E-state index in [1.165, 1.54) is 0 Å². The molecule has 1 aromatic carbocycles. The number of anilines is 1. The third kappa shape index (κ3) is 3.71. The molecule has 0 unspecified atom stereocenters. The van der Waals surface area contributed by atoms with Crippen molar-refractivity contribution >= 4 is 11.6 Å². The van der Waals surface area contributed by atoms with E-state index < -0.39 is 0 Å². The number of aliphatic hydroxyl groups is 1. The summed E-state index contributed by atoms with van der Waals surface area (Å²) in [7, 11) is 0. The molecule has 0 saturated carbocycles. The Morgan fingerprint density at radius 2 is 1.95 bits per heavy atom. The van der Waals surface area contributed by atoms with Gasteiger partial charge in [0.1, 0.15) is 18.1 Å². The maximum Gasteiger partial charge on any atom is 0.224 e. The summed E-state index contributed by atoms with van der Waals surface area (Å²) >= 11 is 0. The Hall–Kier alpha value is -2.07. The number of benzene rings is 1. The topological polar surface area (TPSA) is 62.5 Å². The van der Waals surface area contributed by atoms with E-state index in [0.717, 1.165) is 24.1 Å². The Morgan fingerprint density at radius 1 is 1.20 bits per heavy atom. The van der Waals surface area contributed by atoms with E-state index in [9.17, 15) is 4.79 Å². The zero-order valence-corrected chi connectivity index (χ0v) is 11.6. The molecule has 106 valence electrons. The van der Waals surface area contributed by atoms with Crippen molar-refractivity contribution in [3.05, 3.63) is 42.2 Å². The molecule has 1 aromatic heterocycles. The molecular formula is C16H19NO3. The second-order valence-electron chi connectivity index (χ2n) is 4.65. The zero-order chi connectivity index (χ0) is 14.4. The van der Waals surface area contributed by atoms with Crippen LogP contribution in [0.3, 0.4) is 0 Å². The van der Waals surface area contributed by atoms with Crippen LogP contribution in [0, 0.1) is 0 Å². The van der Waals surface area contributed by atoms with Gasteiger partial charge in [-0.15, -0.1) is 0 Å². The number of furan rings is 1. The molecule has 2 rings (SSSR count). The molecule has 20 heavy (non-hydrogen) atoms. The zero-order valence-electron chi connectivity index (χ0n) is 11.6. The molecule has 4 heteroatoms. The summed E-state index contributed by atoms with van der Waals surface area (Å²) in [5, 5.41) is 11.8. The molecule has 0 aliphatic carbocycles. The second kappa shape index (κ2) is 6.91. The number of nitrogens with one attached hydrogen (secondary N) is 1. The minimum atomic E-state index is -0.106. The van der Waals surface area contributed by atoms with Crippen molar-refractivity contribution in [1.82, 2.24) is 0 Å². The van der Waals surface area contributed by atoms with Crippen molar-refractivity contribution < 1.29 is 14.3 Å². The fourth-order valence-electron chi connectivity index (χ4n) is 1.90. The maximum absolute atomic E-state index is 11.6. The molecule has 0 fully saturated rings. The van der Waals surface area contributed by atoms with Crippen LogP contribution in [0.25, 0.3) is 11.3 Å². The predicted octanol–water partition coefficient (Wildman–Crippen LogP) is 3.57. The van der Waals surface area contributed by atoms with Gasteiger partial charge in [0.05, 0.1) is 0 Å². The van der Waals surface area contributed by atoms with Crippen molar-refractivity contribution in [3.8, 4) is 11.3 Å². The summed E-state index contributed by atoms with van der Waals surface area (Å²) in [6.45, 7) is 1.96. The quantitative estimate of drug-likeness (QED) is 0.845. The Kier molecular flexibility index (Phi) is 4.96. The molecule has 1 amide bonds. The number of amides is 1. The van der Waals surface area contributed by atoms with Crippen LogP contribution in [0.4, 0.5) is 5.69 Å². The first kappa shape index (κ1) is 14.3. The number of rotatable bonds is 6. The maximum atomic E-state index is 11.6. The third-order valence-electron chi connectivity index (χ3n) is 3.03. The Balaban J connectivity index is 2.00. The van der Waals surface area contributed by atoms with E-state index in [2.05, 4.69) is 12.2 Å². The Labute approximate surface area is 118 Å². The molecular weight excluding hydrogens is 254 g/mol. The lowest BCUT2D eigenvalue weighted by atomic mass is 10.1. The highest BCUT2D eigenvalue weighted by molar-refractivity contribution is 5.90. The molecule has 0 bridgehead atoms. The lowest BCUT2D eigenvalue weighted by Gasteiger charge is -2.05. The molecule has 0 aliphatic rings. The van der Waals surface area contributed by atoms with Gasteiger partial charge in [0.25, 0.3) is 0 Å². The van der Waals surface area contributed by atoms with Crippen molar-refractivity contribution in [2.45, 2.75) is 32.8 Å². The Morgan fingerprint density at radius 3 is 2.55 bits per heavy atom. The number of unbranched alkanes of at least 4 members (excludes halogenated alkanes) is 1. The highest BCUT2D eigenvalue weighted by atomic mass is 16.4. The Bertz CT molecular complexity index is 557. The van der Waals surface area contributed by atoms with Gasteiger partial charge < -0.3 is 14.8 Å². The van der Waals surface area contributed by atoms with E-state index in [1.807, 2.05) is 30.3 Å². The number of carbonyl (C=O) groups is 1. The van der Waals surface area contributed by atoms with E-state index in [-0.39, 0.29) is 12.5 Å². The van der Waals surface area contributed by atoms with Crippen LogP contribution in [0.5, 0.6) is 0 Å². The van der Waals surface area contributed by atoms with Crippen LogP contribution < -0.4 is 5.32 Å². The van der Waals surface area contributed by atoms with Crippen LogP contribution in [0.15, 0.2) is 40.8 Å². The molecule has 0 spiro atoms. The van der Waals surface area contributed by atoms with Crippen molar-refractivity contribution in [3.63, 3.8) is 0 Å². The predicted molar refractivity (Wildman–Crippen MR) is 78.2 cm³/mol. The van der Waals surface area contributed by atoms with E-state index >= 15 is 0 Å². The summed E-state index contributed by atoms with van der Waals surface area (Å²) in [5.41, 5.74) is 1.69. The second-order valence-corrected chi connectivity index (χ2v) is 4.65. The van der Waals surface area contributed by atoms with Gasteiger partial charge in [0.15, 0.2) is 0 Å². The summed E-state index contributed by atoms with van der Waals surface area (Å²) in [6, 6.07) is 11.0. The summed E-state index contributed by atoms with van der Waals surface area (Å²) in [5.74, 6) is 1.29. The molecule has 0 radical (unpaired) electrons. The molecule has 2 N–H and O–H groups in total. The minimum Gasteiger partial charge on any atom is -0.459 e. The first-order valence-corrected chi connectivity index (χ1v) is 6.82. The van der Waals surface area contributed by atoms with E-state index in [4.69, 9.17) is 9.52 Å². The summed E-state index contributed by atoms with van der Waals surface area (Å²) < 4.78 is 5.46. The molecule has 0 aliphatic heterocycles. The average Bonchev–Trinajstić information content (AvgIpc) is 2.95. The number of aliphatic hydroxyl groups excluding tert-OH is 1. The standard InChI is InChI=1S/C16H19NO3/c1-2-3-4-16(19)17-13-7-5-12(6-8-13)15-10-9-14(11-18)20-15/h5-10,18H,2-4,11H2,1H3,(H,17,19). The van der Waals surface area contributed by atoms with Gasteiger partial charge in [-0.2, -0.15) is 0 Å². The molecule has 0 atom stereocenters. The van der Waals surface area contributed by atoms with Crippen LogP contribution >= 0.6 is 0 Å². The lowest BCUT2D eigenvalue weighted by Crippen LogP contribution is -2.10. The molecule has 0 saturated heterocycles. The fourth-order valence-corrected chi connectivity index (χ4v) is 1.90. The van der Waals surface area contributed by atoms with Crippen LogP contribution in [0.1, 0.15) is 31.9 Å². The van der Waals surface area contributed by atoms with Crippen LogP contribution in [-0.2, 0) is 11.4 Å². The van der Waals surface area contributed by atoms with Crippen LogP contribution in [0.2, 0.25) is 0 Å². The van der Waals surface area contributed by atoms with Crippen molar-refractivity contribution in [2.75, 3.05) is 5.32 Å². The van der Waals surface area contributed by atoms with Crippen molar-refractivity contribution in [1.29, 1.82) is 0 Å². The SMILES string of the molecule is CCCCC(=O)Nc1ccc(-c2ccc(CO)o2)cc1. The lowest BCUT2D eigenvalue weighted by molar-refractivity contribution is -0.116. The van der Waals surface area contributed by atoms with Crippen LogP contribution in [-0.4, -0.2) is 11.0 Å².